The molecule has 0 bridgehead atoms. The van der Waals surface area contributed by atoms with Crippen molar-refractivity contribution in [3.05, 3.63) is 40.2 Å². The molecule has 0 amide bonds. The quantitative estimate of drug-likeness (QED) is 0.258. The molecule has 2 aromatic rings. The number of hydrogen-bond donors (Lipinski definition) is 1. The van der Waals surface area contributed by atoms with Gasteiger partial charge in [-0.1, -0.05) is 39.0 Å². The Morgan fingerprint density at radius 3 is 2.25 bits per heavy atom. The molecule has 1 aromatic heterocycles. The molecule has 0 aliphatic heterocycles. The number of rotatable bonds is 9. The number of unbranched alkanes of at least 4 members (excludes halogenated alkanes) is 5. The monoisotopic (exact) mass is 424 g/mol. The molecule has 1 heterocycles. The van der Waals surface area contributed by atoms with Gasteiger partial charge in [-0.05, 0) is 64.3 Å². The Morgan fingerprint density at radius 1 is 1.04 bits per heavy atom. The molecule has 0 unspecified atom stereocenters. The van der Waals surface area contributed by atoms with Gasteiger partial charge in [0, 0.05) is 4.88 Å². The van der Waals surface area contributed by atoms with Crippen LogP contribution < -0.4 is 4.74 Å². The zero-order valence-electron chi connectivity index (χ0n) is 14.1. The van der Waals surface area contributed by atoms with E-state index in [1.807, 2.05) is 0 Å². The molecule has 0 saturated carbocycles. The van der Waals surface area contributed by atoms with Crippen molar-refractivity contribution in [2.75, 3.05) is 6.61 Å². The fraction of sp³-hybridized carbons (Fsp3) is 0.444. The summed E-state index contributed by atoms with van der Waals surface area (Å²) in [5, 5.41) is 0. The maximum atomic E-state index is 5.80. The van der Waals surface area contributed by atoms with Crippen LogP contribution in [0.25, 0.3) is 10.4 Å². The van der Waals surface area contributed by atoms with Crippen LogP contribution >= 0.6 is 40.1 Å². The van der Waals surface area contributed by atoms with Crippen LogP contribution in [0.1, 0.15) is 45.4 Å². The average Bonchev–Trinajstić information content (AvgIpc) is 3.02. The molecular formula is C18H24BBrNOS2. The van der Waals surface area contributed by atoms with Gasteiger partial charge in [0.2, 0.25) is 0 Å². The fourth-order valence-electron chi connectivity index (χ4n) is 2.26. The van der Waals surface area contributed by atoms with Gasteiger partial charge in [-0.3, -0.25) is 0 Å². The van der Waals surface area contributed by atoms with Crippen LogP contribution in [0.5, 0.6) is 5.75 Å². The van der Waals surface area contributed by atoms with Crippen molar-refractivity contribution in [2.24, 2.45) is 4.30 Å². The maximum absolute atomic E-state index is 5.80. The van der Waals surface area contributed by atoms with E-state index >= 15 is 0 Å². The van der Waals surface area contributed by atoms with Crippen molar-refractivity contribution in [3.8, 4) is 16.2 Å². The normalized spacial score (nSPS) is 9.92. The van der Waals surface area contributed by atoms with E-state index in [-0.39, 0.29) is 0 Å². The zero-order chi connectivity index (χ0) is 17.6. The van der Waals surface area contributed by atoms with E-state index in [0.29, 0.717) is 0 Å². The third-order valence-corrected chi connectivity index (χ3v) is 5.15. The van der Waals surface area contributed by atoms with Crippen LogP contribution in [0, 0.1) is 0 Å². The van der Waals surface area contributed by atoms with Crippen LogP contribution in [0.15, 0.2) is 44.5 Å². The van der Waals surface area contributed by atoms with Gasteiger partial charge in [0.05, 0.1) is 10.4 Å². The second-order valence-corrected chi connectivity index (χ2v) is 8.05. The average molecular weight is 425 g/mol. The van der Waals surface area contributed by atoms with Gasteiger partial charge in [-0.2, -0.15) is 0 Å². The first-order valence-electron chi connectivity index (χ1n) is 8.24. The number of nitrogens with zero attached hydrogens (tertiary/aromatic N) is 1. The van der Waals surface area contributed by atoms with Crippen LogP contribution in [0.4, 0.5) is 0 Å². The third kappa shape index (κ3) is 9.04. The van der Waals surface area contributed by atoms with E-state index in [9.17, 15) is 0 Å². The minimum atomic E-state index is 0.829. The SMILES string of the molecule is CCCCCCCCOc1ccc(-c2ccc(Br)s2)cc1.[B]=NS. The molecule has 2 rings (SSSR count). The van der Waals surface area contributed by atoms with Crippen LogP contribution in [-0.4, -0.2) is 14.2 Å². The van der Waals surface area contributed by atoms with Gasteiger partial charge < -0.3 is 4.74 Å². The molecule has 24 heavy (non-hydrogen) atoms. The Kier molecular flexibility index (Phi) is 12.2. The molecule has 2 nitrogen and oxygen atoms in total. The topological polar surface area (TPSA) is 21.6 Å². The Morgan fingerprint density at radius 2 is 1.67 bits per heavy atom. The number of hydrogen-bond acceptors (Lipinski definition) is 4. The number of thiophene rings is 1. The summed E-state index contributed by atoms with van der Waals surface area (Å²) >= 11 is 8.45. The molecule has 129 valence electrons. The third-order valence-electron chi connectivity index (χ3n) is 3.48. The second-order valence-electron chi connectivity index (χ2n) is 5.36. The minimum absolute atomic E-state index is 0.829. The molecule has 0 aliphatic carbocycles. The Balaban J connectivity index is 0.000000891. The number of halogens is 1. The molecular weight excluding hydrogens is 401 g/mol. The first-order valence-corrected chi connectivity index (χ1v) is 10.2. The van der Waals surface area contributed by atoms with Crippen LogP contribution in [-0.2, 0) is 0 Å². The number of thiol groups is 1. The van der Waals surface area contributed by atoms with E-state index in [4.69, 9.17) is 4.74 Å². The van der Waals surface area contributed by atoms with Gasteiger partial charge >= 0.3 is 24.8 Å². The van der Waals surface area contributed by atoms with E-state index in [0.717, 1.165) is 18.8 Å². The molecule has 0 fully saturated rings. The van der Waals surface area contributed by atoms with E-state index in [1.54, 1.807) is 11.3 Å². The van der Waals surface area contributed by atoms with Crippen molar-refractivity contribution >= 4 is 47.7 Å². The molecule has 1 aromatic carbocycles. The summed E-state index contributed by atoms with van der Waals surface area (Å²) < 4.78 is 9.66. The predicted octanol–water partition coefficient (Wildman–Crippen LogP) is 7.10. The zero-order valence-corrected chi connectivity index (χ0v) is 17.4. The van der Waals surface area contributed by atoms with E-state index in [1.165, 1.54) is 46.3 Å². The van der Waals surface area contributed by atoms with Gasteiger partial charge in [0.1, 0.15) is 5.75 Å². The Labute approximate surface area is 164 Å². The Bertz CT molecular complexity index is 575. The standard InChI is InChI=1S/C18H23BrOS.BHNS/c1-2-3-4-5-6-7-14-20-16-10-8-15(9-11-16)17-12-13-18(19)21-17;1-2-3/h8-13H,2-7,14H2,1H3;3H. The van der Waals surface area contributed by atoms with Gasteiger partial charge in [-0.15, -0.1) is 11.3 Å². The molecule has 0 aliphatic rings. The molecule has 1 radical (unpaired) electrons. The molecule has 0 N–H and O–H groups in total. The second kappa shape index (κ2) is 13.7. The van der Waals surface area contributed by atoms with Crippen molar-refractivity contribution in [1.82, 2.24) is 0 Å². The summed E-state index contributed by atoms with van der Waals surface area (Å²) in [5.41, 5.74) is 1.25. The van der Waals surface area contributed by atoms with E-state index < -0.39 is 0 Å². The predicted molar refractivity (Wildman–Crippen MR) is 113 cm³/mol. The summed E-state index contributed by atoms with van der Waals surface area (Å²) in [6.45, 7) is 3.08. The summed E-state index contributed by atoms with van der Waals surface area (Å²) in [6.07, 6.45) is 7.81. The first kappa shape index (κ1) is 21.5. The van der Waals surface area contributed by atoms with Crippen molar-refractivity contribution in [2.45, 2.75) is 45.4 Å². The van der Waals surface area contributed by atoms with Crippen molar-refractivity contribution < 1.29 is 4.74 Å². The summed E-state index contributed by atoms with van der Waals surface area (Å²) in [7, 11) is 4.34. The number of ether oxygens (including phenoxy) is 1. The summed E-state index contributed by atoms with van der Waals surface area (Å²) in [4.78, 5) is 1.28. The van der Waals surface area contributed by atoms with Crippen molar-refractivity contribution in [1.29, 1.82) is 0 Å². The summed E-state index contributed by atoms with van der Waals surface area (Å²) in [6, 6.07) is 12.6. The molecule has 0 saturated heterocycles. The van der Waals surface area contributed by atoms with Gasteiger partial charge in [-0.25, -0.2) is 0 Å². The number of benzene rings is 1. The van der Waals surface area contributed by atoms with E-state index in [2.05, 4.69) is 84.0 Å². The fourth-order valence-corrected chi connectivity index (χ4v) is 3.65. The molecule has 6 heteroatoms. The summed E-state index contributed by atoms with van der Waals surface area (Å²) in [5.74, 6) is 0.975. The molecule has 0 spiro atoms. The Hall–Kier alpha value is -0.585. The van der Waals surface area contributed by atoms with Crippen LogP contribution in [0.2, 0.25) is 0 Å². The first-order chi connectivity index (χ1) is 11.7. The van der Waals surface area contributed by atoms with Crippen LogP contribution in [0.3, 0.4) is 0 Å². The van der Waals surface area contributed by atoms with Gasteiger partial charge in [0.15, 0.2) is 0 Å². The van der Waals surface area contributed by atoms with Crippen molar-refractivity contribution in [3.63, 3.8) is 0 Å². The van der Waals surface area contributed by atoms with Gasteiger partial charge in [0.25, 0.3) is 0 Å². The molecule has 0 atom stereocenters.